The summed E-state index contributed by atoms with van der Waals surface area (Å²) in [5.74, 6) is -0.959. The van der Waals surface area contributed by atoms with Gasteiger partial charge in [0.2, 0.25) is 5.91 Å². The third kappa shape index (κ3) is 8.75. The van der Waals surface area contributed by atoms with Gasteiger partial charge in [0.25, 0.3) is 0 Å². The third-order valence-corrected chi connectivity index (χ3v) is 5.18. The molecule has 29 heavy (non-hydrogen) atoms. The second-order valence-electron chi connectivity index (χ2n) is 9.79. The number of rotatable bonds is 9. The average molecular weight is 411 g/mol. The van der Waals surface area contributed by atoms with Crippen LogP contribution in [0, 0.1) is 11.8 Å². The van der Waals surface area contributed by atoms with Gasteiger partial charge in [-0.25, -0.2) is 4.79 Å². The molecule has 2 atom stereocenters. The Balaban J connectivity index is 3.01. The van der Waals surface area contributed by atoms with Crippen molar-refractivity contribution in [2.45, 2.75) is 105 Å². The molecule has 0 radical (unpaired) electrons. The molecule has 6 heteroatoms. The molecule has 0 aromatic heterocycles. The molecule has 1 fully saturated rings. The van der Waals surface area contributed by atoms with E-state index in [1.54, 1.807) is 4.90 Å². The van der Waals surface area contributed by atoms with Gasteiger partial charge in [-0.2, -0.15) is 0 Å². The summed E-state index contributed by atoms with van der Waals surface area (Å²) in [6.07, 6.45) is 5.45. The summed E-state index contributed by atoms with van der Waals surface area (Å²) < 4.78 is 5.46. The molecule has 1 rings (SSSR count). The number of unbranched alkanes of at least 4 members (excludes halogenated alkanes) is 2. The van der Waals surface area contributed by atoms with Crippen molar-refractivity contribution >= 4 is 17.9 Å². The first-order valence-corrected chi connectivity index (χ1v) is 11.3. The number of hydrogen-bond acceptors (Lipinski definition) is 4. The van der Waals surface area contributed by atoms with Gasteiger partial charge in [0.15, 0.2) is 0 Å². The zero-order valence-electron chi connectivity index (χ0n) is 19.6. The number of carbonyl (C=O) groups is 3. The van der Waals surface area contributed by atoms with Gasteiger partial charge in [0.05, 0.1) is 6.42 Å². The van der Waals surface area contributed by atoms with Crippen LogP contribution in [0.1, 0.15) is 93.4 Å². The molecule has 0 spiro atoms. The Hall–Kier alpha value is -1.59. The fraction of sp³-hybridized carbons (Fsp3) is 0.870. The van der Waals surface area contributed by atoms with Crippen molar-refractivity contribution in [2.75, 3.05) is 13.1 Å². The molecule has 1 aliphatic rings. The Morgan fingerprint density at radius 2 is 1.83 bits per heavy atom. The van der Waals surface area contributed by atoms with Gasteiger partial charge < -0.3 is 9.64 Å². The normalized spacial score (nSPS) is 18.1. The van der Waals surface area contributed by atoms with Gasteiger partial charge >= 0.3 is 12.0 Å². The van der Waals surface area contributed by atoms with E-state index in [0.29, 0.717) is 19.5 Å². The number of likely N-dealkylation sites (tertiary alicyclic amines) is 1. The minimum Gasteiger partial charge on any atom is -0.460 e. The first kappa shape index (κ1) is 25.4. The Kier molecular flexibility index (Phi) is 10.1. The second-order valence-corrected chi connectivity index (χ2v) is 9.79. The number of carbonyl (C=O) groups excluding carboxylic acids is 3. The zero-order chi connectivity index (χ0) is 22.2. The van der Waals surface area contributed by atoms with Crippen LogP contribution in [0.3, 0.4) is 0 Å². The fourth-order valence-electron chi connectivity index (χ4n) is 3.76. The molecular weight excluding hydrogens is 368 g/mol. The molecule has 0 bridgehead atoms. The standard InChI is InChI=1S/C23H42N2O4/c1-8-9-10-13-19(15-20(26)29-23(5,6)7)21(27)25(16-17(2)3)22(28)24-14-11-12-18(24)4/h17-19H,8-16H2,1-7H3. The lowest BCUT2D eigenvalue weighted by molar-refractivity contribution is -0.158. The minimum absolute atomic E-state index is 0.0250. The lowest BCUT2D eigenvalue weighted by Gasteiger charge is -2.32. The highest BCUT2D eigenvalue weighted by Gasteiger charge is 2.36. The van der Waals surface area contributed by atoms with Crippen LogP contribution in [0.2, 0.25) is 0 Å². The molecule has 0 N–H and O–H groups in total. The van der Waals surface area contributed by atoms with Gasteiger partial charge in [-0.3, -0.25) is 14.5 Å². The smallest absolute Gasteiger partial charge is 0.326 e. The predicted molar refractivity (Wildman–Crippen MR) is 115 cm³/mol. The Morgan fingerprint density at radius 1 is 1.17 bits per heavy atom. The summed E-state index contributed by atoms with van der Waals surface area (Å²) in [4.78, 5) is 42.3. The summed E-state index contributed by atoms with van der Waals surface area (Å²) in [6.45, 7) is 14.7. The average Bonchev–Trinajstić information content (AvgIpc) is 3.02. The van der Waals surface area contributed by atoms with E-state index < -0.39 is 11.5 Å². The number of nitrogens with zero attached hydrogens (tertiary/aromatic N) is 2. The maximum absolute atomic E-state index is 13.4. The maximum atomic E-state index is 13.4. The molecule has 1 saturated heterocycles. The lowest BCUT2D eigenvalue weighted by atomic mass is 9.95. The van der Waals surface area contributed by atoms with Crippen molar-refractivity contribution in [1.82, 2.24) is 9.80 Å². The number of urea groups is 1. The van der Waals surface area contributed by atoms with Crippen LogP contribution in [-0.4, -0.2) is 52.4 Å². The van der Waals surface area contributed by atoms with Crippen LogP contribution < -0.4 is 0 Å². The molecule has 1 heterocycles. The van der Waals surface area contributed by atoms with Crippen molar-refractivity contribution in [3.63, 3.8) is 0 Å². The van der Waals surface area contributed by atoms with Crippen LogP contribution >= 0.6 is 0 Å². The summed E-state index contributed by atoms with van der Waals surface area (Å²) in [5, 5.41) is 0. The van der Waals surface area contributed by atoms with Gasteiger partial charge in [0.1, 0.15) is 5.60 Å². The van der Waals surface area contributed by atoms with Crippen LogP contribution in [0.15, 0.2) is 0 Å². The van der Waals surface area contributed by atoms with E-state index in [1.807, 2.05) is 41.5 Å². The van der Waals surface area contributed by atoms with E-state index in [4.69, 9.17) is 4.74 Å². The van der Waals surface area contributed by atoms with Gasteiger partial charge in [-0.1, -0.05) is 40.0 Å². The van der Waals surface area contributed by atoms with Crippen molar-refractivity contribution in [1.29, 1.82) is 0 Å². The number of esters is 1. The first-order valence-electron chi connectivity index (χ1n) is 11.3. The molecule has 0 aromatic rings. The van der Waals surface area contributed by atoms with E-state index in [9.17, 15) is 14.4 Å². The highest BCUT2D eigenvalue weighted by Crippen LogP contribution is 2.24. The topological polar surface area (TPSA) is 66.9 Å². The largest absolute Gasteiger partial charge is 0.460 e. The van der Waals surface area contributed by atoms with E-state index in [-0.39, 0.29) is 36.3 Å². The van der Waals surface area contributed by atoms with Crippen molar-refractivity contribution < 1.29 is 19.1 Å². The predicted octanol–water partition coefficient (Wildman–Crippen LogP) is 5.00. The molecule has 3 amide bonds. The Labute approximate surface area is 177 Å². The highest BCUT2D eigenvalue weighted by atomic mass is 16.6. The summed E-state index contributed by atoms with van der Waals surface area (Å²) in [5.41, 5.74) is -0.591. The molecule has 6 nitrogen and oxygen atoms in total. The van der Waals surface area contributed by atoms with Crippen molar-refractivity contribution in [3.05, 3.63) is 0 Å². The number of amides is 3. The highest BCUT2D eigenvalue weighted by molar-refractivity contribution is 5.97. The van der Waals surface area contributed by atoms with E-state index in [0.717, 1.165) is 32.1 Å². The third-order valence-electron chi connectivity index (χ3n) is 5.18. The van der Waals surface area contributed by atoms with Crippen LogP contribution in [0.4, 0.5) is 4.79 Å². The molecule has 168 valence electrons. The number of ether oxygens (including phenoxy) is 1. The van der Waals surface area contributed by atoms with Gasteiger partial charge in [-0.15, -0.1) is 0 Å². The Morgan fingerprint density at radius 3 is 2.31 bits per heavy atom. The monoisotopic (exact) mass is 410 g/mol. The molecule has 1 aliphatic heterocycles. The van der Waals surface area contributed by atoms with Crippen molar-refractivity contribution in [3.8, 4) is 0 Å². The number of imide groups is 1. The summed E-state index contributed by atoms with van der Waals surface area (Å²) in [6, 6.07) is -0.0623. The number of hydrogen-bond donors (Lipinski definition) is 0. The van der Waals surface area contributed by atoms with Crippen LogP contribution in [0.25, 0.3) is 0 Å². The quantitative estimate of drug-likeness (QED) is 0.396. The molecule has 0 aromatic carbocycles. The Bertz CT molecular complexity index is 554. The SMILES string of the molecule is CCCCCC(CC(=O)OC(C)(C)C)C(=O)N(CC(C)C)C(=O)N1CCCC1C. The van der Waals surface area contributed by atoms with E-state index in [2.05, 4.69) is 6.92 Å². The summed E-state index contributed by atoms with van der Waals surface area (Å²) in [7, 11) is 0. The minimum atomic E-state index is -0.591. The van der Waals surface area contributed by atoms with Gasteiger partial charge in [0, 0.05) is 25.0 Å². The van der Waals surface area contributed by atoms with E-state index >= 15 is 0 Å². The first-order chi connectivity index (χ1) is 13.5. The van der Waals surface area contributed by atoms with Crippen LogP contribution in [-0.2, 0) is 14.3 Å². The second kappa shape index (κ2) is 11.6. The summed E-state index contributed by atoms with van der Waals surface area (Å²) >= 11 is 0. The van der Waals surface area contributed by atoms with Crippen LogP contribution in [0.5, 0.6) is 0 Å². The lowest BCUT2D eigenvalue weighted by Crippen LogP contribution is -2.51. The van der Waals surface area contributed by atoms with Crippen molar-refractivity contribution in [2.24, 2.45) is 11.8 Å². The maximum Gasteiger partial charge on any atom is 0.326 e. The molecule has 2 unspecified atom stereocenters. The molecular formula is C23H42N2O4. The molecule has 0 saturated carbocycles. The fourth-order valence-corrected chi connectivity index (χ4v) is 3.76. The van der Waals surface area contributed by atoms with Gasteiger partial charge in [-0.05, 0) is 52.9 Å². The zero-order valence-corrected chi connectivity index (χ0v) is 19.6. The van der Waals surface area contributed by atoms with E-state index in [1.165, 1.54) is 4.90 Å². The molecule has 0 aliphatic carbocycles.